The number of nitrogens with zero attached hydrogens (tertiary/aromatic N) is 3. The summed E-state index contributed by atoms with van der Waals surface area (Å²) in [4.78, 5) is 23.4. The second kappa shape index (κ2) is 4.80. The van der Waals surface area contributed by atoms with Gasteiger partial charge < -0.3 is 0 Å². The normalized spacial score (nSPS) is 9.81. The number of carbonyl (C=O) groups is 1. The summed E-state index contributed by atoms with van der Waals surface area (Å²) in [5.41, 5.74) is 0.467. The summed E-state index contributed by atoms with van der Waals surface area (Å²) in [6, 6.07) is 3.36. The van der Waals surface area contributed by atoms with Crippen LogP contribution >= 0.6 is 15.9 Å². The van der Waals surface area contributed by atoms with Gasteiger partial charge in [-0.1, -0.05) is 0 Å². The minimum absolute atomic E-state index is 0.261. The van der Waals surface area contributed by atoms with E-state index in [0.717, 1.165) is 4.47 Å². The van der Waals surface area contributed by atoms with Gasteiger partial charge in [0.05, 0.1) is 10.0 Å². The number of amides is 1. The molecule has 0 spiro atoms. The smallest absolute Gasteiger partial charge is 0.259 e. The quantitative estimate of drug-likeness (QED) is 0.911. The van der Waals surface area contributed by atoms with Gasteiger partial charge in [0.1, 0.15) is 0 Å². The topological polar surface area (TPSA) is 67.8 Å². The van der Waals surface area contributed by atoms with Crippen LogP contribution in [0.1, 0.15) is 10.4 Å². The molecule has 0 aromatic carbocycles. The Morgan fingerprint density at radius 3 is 2.62 bits per heavy atom. The van der Waals surface area contributed by atoms with Crippen LogP contribution in [0.3, 0.4) is 0 Å². The number of pyridine rings is 1. The van der Waals surface area contributed by atoms with E-state index < -0.39 is 0 Å². The Kier molecular flexibility index (Phi) is 3.21. The number of hydrogen-bond donors (Lipinski definition) is 1. The first kappa shape index (κ1) is 10.7. The minimum Gasteiger partial charge on any atom is -0.290 e. The van der Waals surface area contributed by atoms with Gasteiger partial charge in [-0.25, -0.2) is 9.97 Å². The van der Waals surface area contributed by atoms with Crippen molar-refractivity contribution in [3.63, 3.8) is 0 Å². The first-order chi connectivity index (χ1) is 7.75. The second-order valence-corrected chi connectivity index (χ2v) is 3.84. The van der Waals surface area contributed by atoms with Crippen molar-refractivity contribution in [2.75, 3.05) is 5.32 Å². The van der Waals surface area contributed by atoms with Gasteiger partial charge in [-0.3, -0.25) is 15.1 Å². The van der Waals surface area contributed by atoms with Crippen molar-refractivity contribution < 1.29 is 4.79 Å². The Morgan fingerprint density at radius 2 is 2.00 bits per heavy atom. The van der Waals surface area contributed by atoms with Crippen LogP contribution in [-0.4, -0.2) is 20.9 Å². The predicted molar refractivity (Wildman–Crippen MR) is 61.9 cm³/mol. The standard InChI is InChI=1S/C10H7BrN4O/c11-8-5-13-10(14-6-8)15-9(16)7-2-1-3-12-4-7/h1-6H,(H,13,14,15,16). The highest BCUT2D eigenvalue weighted by Crippen LogP contribution is 2.07. The van der Waals surface area contributed by atoms with Crippen LogP contribution < -0.4 is 5.32 Å². The van der Waals surface area contributed by atoms with Crippen molar-refractivity contribution in [2.45, 2.75) is 0 Å². The minimum atomic E-state index is -0.282. The van der Waals surface area contributed by atoms with E-state index in [4.69, 9.17) is 0 Å². The van der Waals surface area contributed by atoms with Crippen LogP contribution in [0.15, 0.2) is 41.4 Å². The first-order valence-corrected chi connectivity index (χ1v) is 5.24. The van der Waals surface area contributed by atoms with E-state index in [2.05, 4.69) is 36.2 Å². The number of anilines is 1. The molecule has 16 heavy (non-hydrogen) atoms. The number of rotatable bonds is 2. The van der Waals surface area contributed by atoms with Crippen LogP contribution in [0.25, 0.3) is 0 Å². The Balaban J connectivity index is 2.11. The number of nitrogens with one attached hydrogen (secondary N) is 1. The molecule has 1 N–H and O–H groups in total. The summed E-state index contributed by atoms with van der Waals surface area (Å²) in [6.45, 7) is 0. The van der Waals surface area contributed by atoms with Crippen molar-refractivity contribution in [3.8, 4) is 0 Å². The van der Waals surface area contributed by atoms with E-state index in [1.807, 2.05) is 0 Å². The molecular weight excluding hydrogens is 272 g/mol. The highest BCUT2D eigenvalue weighted by atomic mass is 79.9. The molecule has 1 amide bonds. The third-order valence-corrected chi connectivity index (χ3v) is 2.18. The fraction of sp³-hybridized carbons (Fsp3) is 0. The Bertz CT molecular complexity index is 486. The molecule has 0 unspecified atom stereocenters. The monoisotopic (exact) mass is 278 g/mol. The van der Waals surface area contributed by atoms with Crippen molar-refractivity contribution >= 4 is 27.8 Å². The van der Waals surface area contributed by atoms with Gasteiger partial charge in [0.25, 0.3) is 5.91 Å². The lowest BCUT2D eigenvalue weighted by molar-refractivity contribution is 0.102. The fourth-order valence-corrected chi connectivity index (χ4v) is 1.25. The molecule has 2 rings (SSSR count). The zero-order chi connectivity index (χ0) is 11.4. The number of hydrogen-bond acceptors (Lipinski definition) is 4. The number of carbonyl (C=O) groups excluding carboxylic acids is 1. The average molecular weight is 279 g/mol. The molecule has 6 heteroatoms. The Labute approximate surface area is 100 Å². The molecule has 0 aliphatic heterocycles. The van der Waals surface area contributed by atoms with Gasteiger partial charge in [-0.2, -0.15) is 0 Å². The third kappa shape index (κ3) is 2.60. The summed E-state index contributed by atoms with van der Waals surface area (Å²) in [7, 11) is 0. The number of halogens is 1. The summed E-state index contributed by atoms with van der Waals surface area (Å²) in [5, 5.41) is 2.56. The molecule has 0 fully saturated rings. The maximum absolute atomic E-state index is 11.7. The highest BCUT2D eigenvalue weighted by molar-refractivity contribution is 9.10. The Morgan fingerprint density at radius 1 is 1.25 bits per heavy atom. The van der Waals surface area contributed by atoms with Crippen LogP contribution in [0.5, 0.6) is 0 Å². The van der Waals surface area contributed by atoms with Crippen LogP contribution in [0.2, 0.25) is 0 Å². The molecule has 2 aromatic rings. The molecule has 0 saturated heterocycles. The molecule has 0 aliphatic carbocycles. The van der Waals surface area contributed by atoms with Crippen molar-refractivity contribution in [3.05, 3.63) is 47.0 Å². The van der Waals surface area contributed by atoms with Gasteiger partial charge in [0, 0.05) is 24.8 Å². The van der Waals surface area contributed by atoms with Gasteiger partial charge in [0.2, 0.25) is 5.95 Å². The number of aromatic nitrogens is 3. The van der Waals surface area contributed by atoms with Crippen LogP contribution in [0.4, 0.5) is 5.95 Å². The van der Waals surface area contributed by atoms with E-state index in [-0.39, 0.29) is 11.9 Å². The molecule has 5 nitrogen and oxygen atoms in total. The van der Waals surface area contributed by atoms with Gasteiger partial charge in [-0.05, 0) is 28.1 Å². The van der Waals surface area contributed by atoms with Crippen LogP contribution in [-0.2, 0) is 0 Å². The third-order valence-electron chi connectivity index (χ3n) is 1.77. The summed E-state index contributed by atoms with van der Waals surface area (Å²) < 4.78 is 0.756. The maximum atomic E-state index is 11.7. The fourth-order valence-electron chi connectivity index (χ4n) is 1.05. The molecule has 0 radical (unpaired) electrons. The molecular formula is C10H7BrN4O. The lowest BCUT2D eigenvalue weighted by Gasteiger charge is -2.02. The molecule has 2 aromatic heterocycles. The van der Waals surface area contributed by atoms with E-state index in [9.17, 15) is 4.79 Å². The molecule has 0 atom stereocenters. The van der Waals surface area contributed by atoms with E-state index >= 15 is 0 Å². The van der Waals surface area contributed by atoms with E-state index in [1.54, 1.807) is 30.7 Å². The lowest BCUT2D eigenvalue weighted by Crippen LogP contribution is -2.14. The van der Waals surface area contributed by atoms with Crippen molar-refractivity contribution in [2.24, 2.45) is 0 Å². The molecule has 2 heterocycles. The summed E-state index contributed by atoms with van der Waals surface area (Å²) in [6.07, 6.45) is 6.21. The second-order valence-electron chi connectivity index (χ2n) is 2.92. The van der Waals surface area contributed by atoms with Gasteiger partial charge in [0.15, 0.2) is 0 Å². The molecule has 80 valence electrons. The highest BCUT2D eigenvalue weighted by Gasteiger charge is 2.06. The molecule has 0 aliphatic rings. The summed E-state index contributed by atoms with van der Waals surface area (Å²) in [5.74, 6) is -0.0209. The molecule has 0 saturated carbocycles. The summed E-state index contributed by atoms with van der Waals surface area (Å²) >= 11 is 3.21. The van der Waals surface area contributed by atoms with Gasteiger partial charge in [-0.15, -0.1) is 0 Å². The first-order valence-electron chi connectivity index (χ1n) is 4.44. The van der Waals surface area contributed by atoms with Crippen molar-refractivity contribution in [1.82, 2.24) is 15.0 Å². The largest absolute Gasteiger partial charge is 0.290 e. The lowest BCUT2D eigenvalue weighted by atomic mass is 10.3. The zero-order valence-corrected chi connectivity index (χ0v) is 9.68. The van der Waals surface area contributed by atoms with E-state index in [1.165, 1.54) is 6.20 Å². The zero-order valence-electron chi connectivity index (χ0n) is 8.09. The average Bonchev–Trinajstić information content (AvgIpc) is 2.33. The Hall–Kier alpha value is -1.82. The van der Waals surface area contributed by atoms with E-state index in [0.29, 0.717) is 5.56 Å². The van der Waals surface area contributed by atoms with Gasteiger partial charge >= 0.3 is 0 Å². The predicted octanol–water partition coefficient (Wildman–Crippen LogP) is 1.89. The van der Waals surface area contributed by atoms with Crippen LogP contribution in [0, 0.1) is 0 Å². The molecule has 0 bridgehead atoms. The maximum Gasteiger partial charge on any atom is 0.259 e. The SMILES string of the molecule is O=C(Nc1ncc(Br)cn1)c1cccnc1. The van der Waals surface area contributed by atoms with Crippen molar-refractivity contribution in [1.29, 1.82) is 0 Å².